The molecule has 1 aliphatic heterocycles. The van der Waals surface area contributed by atoms with Crippen LogP contribution < -0.4 is 5.32 Å². The summed E-state index contributed by atoms with van der Waals surface area (Å²) in [4.78, 5) is 56.0. The molecule has 2 aromatic heterocycles. The Bertz CT molecular complexity index is 1460. The van der Waals surface area contributed by atoms with Crippen LogP contribution in [0.2, 0.25) is 0 Å². The second-order valence-electron chi connectivity index (χ2n) is 7.90. The number of para-hydroxylation sites is 2. The summed E-state index contributed by atoms with van der Waals surface area (Å²) in [5, 5.41) is 3.87. The molecule has 2 amide bonds. The largest absolute Gasteiger partial charge is 0.462 e. The van der Waals surface area contributed by atoms with E-state index >= 15 is 0 Å². The topological polar surface area (TPSA) is 129 Å². The van der Waals surface area contributed by atoms with Crippen LogP contribution in [0.25, 0.3) is 11.0 Å². The second kappa shape index (κ2) is 9.55. The van der Waals surface area contributed by atoms with Gasteiger partial charge in [-0.1, -0.05) is 24.3 Å². The predicted octanol–water partition coefficient (Wildman–Crippen LogP) is 3.28. The maximum atomic E-state index is 12.6. The number of aryl methyl sites for hydroxylation is 1. The first-order valence-electron chi connectivity index (χ1n) is 11.3. The van der Waals surface area contributed by atoms with E-state index in [1.165, 1.54) is 6.20 Å². The Labute approximate surface area is 205 Å². The summed E-state index contributed by atoms with van der Waals surface area (Å²) >= 11 is 0. The number of carbonyl (C=O) groups excluding carboxylic acids is 3. The molecule has 4 aromatic rings. The number of ether oxygens (including phenoxy) is 1. The number of hydrogen-bond acceptors (Lipinski definition) is 9. The Morgan fingerprint density at radius 3 is 2.39 bits per heavy atom. The van der Waals surface area contributed by atoms with Gasteiger partial charge in [-0.3, -0.25) is 19.7 Å². The van der Waals surface area contributed by atoms with E-state index in [0.29, 0.717) is 22.8 Å². The van der Waals surface area contributed by atoms with Gasteiger partial charge >= 0.3 is 5.97 Å². The van der Waals surface area contributed by atoms with Crippen molar-refractivity contribution >= 4 is 40.7 Å². The van der Waals surface area contributed by atoms with Crippen molar-refractivity contribution in [3.63, 3.8) is 0 Å². The lowest BCUT2D eigenvalue weighted by atomic mass is 10.1. The maximum Gasteiger partial charge on any atom is 0.341 e. The van der Waals surface area contributed by atoms with Gasteiger partial charge in [-0.15, -0.1) is 5.06 Å². The number of benzene rings is 2. The molecule has 0 fully saturated rings. The average Bonchev–Trinajstić information content (AvgIpc) is 3.34. The van der Waals surface area contributed by atoms with Gasteiger partial charge in [-0.05, 0) is 38.1 Å². The Hall–Kier alpha value is -4.64. The number of nitrogens with zero attached hydrogens (tertiary/aromatic N) is 5. The molecule has 0 atom stereocenters. The quantitative estimate of drug-likeness (QED) is 0.295. The minimum Gasteiger partial charge on any atom is -0.462 e. The number of esters is 1. The highest BCUT2D eigenvalue weighted by Gasteiger charge is 2.36. The Balaban J connectivity index is 1.35. The third-order valence-corrected chi connectivity index (χ3v) is 5.64. The molecular weight excluding hydrogens is 464 g/mol. The Kier molecular flexibility index (Phi) is 6.13. The number of hydroxylamine groups is 2. The molecule has 0 aliphatic carbocycles. The molecule has 0 saturated carbocycles. The highest BCUT2D eigenvalue weighted by molar-refractivity contribution is 6.20. The van der Waals surface area contributed by atoms with Crippen LogP contribution in [0.1, 0.15) is 43.7 Å². The summed E-state index contributed by atoms with van der Waals surface area (Å²) in [5.74, 6) is -0.784. The lowest BCUT2D eigenvalue weighted by Crippen LogP contribution is -2.31. The zero-order valence-electron chi connectivity index (χ0n) is 19.6. The van der Waals surface area contributed by atoms with E-state index in [4.69, 9.17) is 9.57 Å². The monoisotopic (exact) mass is 486 g/mol. The van der Waals surface area contributed by atoms with Crippen LogP contribution in [0, 0.1) is 6.92 Å². The van der Waals surface area contributed by atoms with Crippen molar-refractivity contribution in [3.05, 3.63) is 77.1 Å². The number of carbonyl (C=O) groups is 3. The van der Waals surface area contributed by atoms with Crippen molar-refractivity contribution in [2.75, 3.05) is 18.5 Å². The van der Waals surface area contributed by atoms with Crippen molar-refractivity contribution in [2.24, 2.45) is 0 Å². The van der Waals surface area contributed by atoms with Crippen LogP contribution in [0.5, 0.6) is 0 Å². The molecule has 1 N–H and O–H groups in total. The third kappa shape index (κ3) is 4.16. The average molecular weight is 486 g/mol. The Morgan fingerprint density at radius 2 is 1.69 bits per heavy atom. The molecule has 3 heterocycles. The van der Waals surface area contributed by atoms with Crippen LogP contribution in [-0.4, -0.2) is 55.6 Å². The number of aromatic nitrogens is 4. The van der Waals surface area contributed by atoms with Crippen LogP contribution >= 0.6 is 0 Å². The first-order chi connectivity index (χ1) is 17.5. The van der Waals surface area contributed by atoms with Crippen LogP contribution in [0.3, 0.4) is 0 Å². The fourth-order valence-corrected chi connectivity index (χ4v) is 3.94. The van der Waals surface area contributed by atoms with Crippen LogP contribution in [0.15, 0.2) is 54.7 Å². The molecule has 5 rings (SSSR count). The molecule has 0 unspecified atom stereocenters. The van der Waals surface area contributed by atoms with Gasteiger partial charge in [0.1, 0.15) is 0 Å². The number of fused-ring (bicyclic) bond motifs is 2. The van der Waals surface area contributed by atoms with Gasteiger partial charge in [-0.25, -0.2) is 19.7 Å². The number of rotatable bonds is 8. The fraction of sp³-hybridized carbons (Fsp3) is 0.200. The summed E-state index contributed by atoms with van der Waals surface area (Å²) in [5.41, 5.74) is 2.91. The summed E-state index contributed by atoms with van der Waals surface area (Å²) < 4.78 is 6.87. The normalized spacial score (nSPS) is 12.8. The van der Waals surface area contributed by atoms with Gasteiger partial charge in [0.25, 0.3) is 11.8 Å². The van der Waals surface area contributed by atoms with Crippen molar-refractivity contribution in [3.8, 4) is 0 Å². The SMILES string of the molecule is CCOC(=O)c1cnc(Nc2nc3ccccc3n2CCON2C(=O)c3ccccc3C2=O)nc1C. The minimum absolute atomic E-state index is 0.0299. The lowest BCUT2D eigenvalue weighted by Gasteiger charge is -2.15. The van der Waals surface area contributed by atoms with Gasteiger partial charge in [0, 0.05) is 6.20 Å². The maximum absolute atomic E-state index is 12.6. The number of anilines is 2. The molecule has 1 aliphatic rings. The molecule has 0 bridgehead atoms. The van der Waals surface area contributed by atoms with Crippen LogP contribution in [-0.2, 0) is 16.1 Å². The number of amides is 2. The molecule has 11 heteroatoms. The molecule has 2 aromatic carbocycles. The fourth-order valence-electron chi connectivity index (χ4n) is 3.94. The number of imide groups is 1. The summed E-state index contributed by atoms with van der Waals surface area (Å²) in [7, 11) is 0. The number of hydrogen-bond donors (Lipinski definition) is 1. The second-order valence-corrected chi connectivity index (χ2v) is 7.90. The molecule has 0 spiro atoms. The number of imidazole rings is 1. The molecule has 0 saturated heterocycles. The summed E-state index contributed by atoms with van der Waals surface area (Å²) in [6.45, 7) is 3.98. The van der Waals surface area contributed by atoms with Gasteiger partial charge in [-0.2, -0.15) is 0 Å². The molecule has 0 radical (unpaired) electrons. The van der Waals surface area contributed by atoms with Gasteiger partial charge in [0.2, 0.25) is 11.9 Å². The van der Waals surface area contributed by atoms with Gasteiger partial charge in [0.05, 0.1) is 53.2 Å². The third-order valence-electron chi connectivity index (χ3n) is 5.64. The highest BCUT2D eigenvalue weighted by Crippen LogP contribution is 2.24. The van der Waals surface area contributed by atoms with Crippen molar-refractivity contribution in [2.45, 2.75) is 20.4 Å². The van der Waals surface area contributed by atoms with E-state index in [1.807, 2.05) is 28.8 Å². The molecule has 36 heavy (non-hydrogen) atoms. The highest BCUT2D eigenvalue weighted by atomic mass is 16.7. The zero-order chi connectivity index (χ0) is 25.2. The summed E-state index contributed by atoms with van der Waals surface area (Å²) in [6.07, 6.45) is 1.40. The van der Waals surface area contributed by atoms with Crippen molar-refractivity contribution < 1.29 is 24.0 Å². The molecule has 182 valence electrons. The van der Waals surface area contributed by atoms with Gasteiger partial charge < -0.3 is 9.30 Å². The van der Waals surface area contributed by atoms with Gasteiger partial charge in [0.15, 0.2) is 0 Å². The zero-order valence-corrected chi connectivity index (χ0v) is 19.6. The smallest absolute Gasteiger partial charge is 0.341 e. The van der Waals surface area contributed by atoms with E-state index < -0.39 is 17.8 Å². The van der Waals surface area contributed by atoms with E-state index in [0.717, 1.165) is 16.1 Å². The Morgan fingerprint density at radius 1 is 1.00 bits per heavy atom. The first kappa shape index (κ1) is 23.1. The van der Waals surface area contributed by atoms with E-state index in [9.17, 15) is 14.4 Å². The number of nitrogens with one attached hydrogen (secondary N) is 1. The van der Waals surface area contributed by atoms with Crippen molar-refractivity contribution in [1.82, 2.24) is 24.6 Å². The first-order valence-corrected chi connectivity index (χ1v) is 11.3. The molecular formula is C25H22N6O5. The lowest BCUT2D eigenvalue weighted by molar-refractivity contribution is -0.0932. The van der Waals surface area contributed by atoms with E-state index in [2.05, 4.69) is 20.3 Å². The summed E-state index contributed by atoms with van der Waals surface area (Å²) in [6, 6.07) is 14.1. The predicted molar refractivity (Wildman–Crippen MR) is 129 cm³/mol. The molecule has 11 nitrogen and oxygen atoms in total. The minimum atomic E-state index is -0.491. The van der Waals surface area contributed by atoms with E-state index in [1.54, 1.807) is 38.1 Å². The van der Waals surface area contributed by atoms with Crippen molar-refractivity contribution in [1.29, 1.82) is 0 Å². The van der Waals surface area contributed by atoms with E-state index in [-0.39, 0.29) is 31.3 Å². The standard InChI is InChI=1S/C25H22N6O5/c1-3-35-23(34)18-14-26-24(27-15(18)2)29-25-28-19-10-6-7-11-20(19)30(25)12-13-36-31-21(32)16-8-4-5-9-17(16)22(31)33/h4-11,14H,3,12-13H2,1-2H3,(H,26,27,28,29). The van der Waals surface area contributed by atoms with Crippen LogP contribution in [0.4, 0.5) is 11.9 Å².